The minimum atomic E-state index is 0.616. The first kappa shape index (κ1) is 12.9. The van der Waals surface area contributed by atoms with Gasteiger partial charge >= 0.3 is 0 Å². The quantitative estimate of drug-likeness (QED) is 0.905. The van der Waals surface area contributed by atoms with Crippen molar-refractivity contribution < 1.29 is 4.74 Å². The van der Waals surface area contributed by atoms with Crippen molar-refractivity contribution in [1.82, 2.24) is 0 Å². The second-order valence-electron chi connectivity index (χ2n) is 4.22. The van der Waals surface area contributed by atoms with Crippen LogP contribution < -0.4 is 10.5 Å². The first-order valence-electron chi connectivity index (χ1n) is 5.92. The molecule has 3 heteroatoms. The minimum absolute atomic E-state index is 0.616. The van der Waals surface area contributed by atoms with Crippen LogP contribution in [-0.2, 0) is 6.42 Å². The van der Waals surface area contributed by atoms with E-state index < -0.39 is 0 Å². The Balaban J connectivity index is 2.22. The highest BCUT2D eigenvalue weighted by Gasteiger charge is 2.04. The highest BCUT2D eigenvalue weighted by atomic mass is 35.5. The third-order valence-electron chi connectivity index (χ3n) is 2.65. The lowest BCUT2D eigenvalue weighted by molar-refractivity contribution is 0.482. The lowest BCUT2D eigenvalue weighted by Gasteiger charge is -2.09. The van der Waals surface area contributed by atoms with Gasteiger partial charge in [-0.2, -0.15) is 0 Å². The molecule has 94 valence electrons. The van der Waals surface area contributed by atoms with E-state index in [1.165, 1.54) is 5.56 Å². The number of hydrogen-bond acceptors (Lipinski definition) is 2. The molecule has 2 aromatic rings. The lowest BCUT2D eigenvalue weighted by Crippen LogP contribution is -2.02. The molecule has 0 aliphatic heterocycles. The summed E-state index contributed by atoms with van der Waals surface area (Å²) in [6, 6.07) is 13.6. The molecular formula is C15H16ClNO. The van der Waals surface area contributed by atoms with Gasteiger partial charge in [0.05, 0.1) is 5.02 Å². The first-order valence-corrected chi connectivity index (χ1v) is 6.30. The highest BCUT2D eigenvalue weighted by Crippen LogP contribution is 2.30. The van der Waals surface area contributed by atoms with E-state index >= 15 is 0 Å². The Bertz CT molecular complexity index is 540. The molecule has 0 spiro atoms. The molecule has 0 atom stereocenters. The molecule has 0 aromatic heterocycles. The summed E-state index contributed by atoms with van der Waals surface area (Å²) in [6.45, 7) is 2.64. The van der Waals surface area contributed by atoms with Crippen LogP contribution in [0.1, 0.15) is 11.1 Å². The number of aryl methyl sites for hydroxylation is 1. The van der Waals surface area contributed by atoms with Gasteiger partial charge in [-0.25, -0.2) is 0 Å². The van der Waals surface area contributed by atoms with Gasteiger partial charge in [-0.05, 0) is 55.3 Å². The van der Waals surface area contributed by atoms with Gasteiger partial charge in [0.2, 0.25) is 0 Å². The van der Waals surface area contributed by atoms with Crippen LogP contribution in [0.3, 0.4) is 0 Å². The molecule has 0 heterocycles. The number of halogens is 1. The van der Waals surface area contributed by atoms with Crippen molar-refractivity contribution in [3.8, 4) is 11.5 Å². The largest absolute Gasteiger partial charge is 0.456 e. The molecule has 0 bridgehead atoms. The van der Waals surface area contributed by atoms with Crippen molar-refractivity contribution in [3.63, 3.8) is 0 Å². The molecule has 0 saturated carbocycles. The van der Waals surface area contributed by atoms with Gasteiger partial charge in [0.1, 0.15) is 11.5 Å². The van der Waals surface area contributed by atoms with E-state index in [-0.39, 0.29) is 0 Å². The maximum absolute atomic E-state index is 6.10. The van der Waals surface area contributed by atoms with Gasteiger partial charge in [-0.3, -0.25) is 0 Å². The molecular weight excluding hydrogens is 246 g/mol. The summed E-state index contributed by atoms with van der Waals surface area (Å²) in [5, 5.41) is 0.616. The van der Waals surface area contributed by atoms with Gasteiger partial charge in [0.25, 0.3) is 0 Å². The van der Waals surface area contributed by atoms with Crippen molar-refractivity contribution in [1.29, 1.82) is 0 Å². The Hall–Kier alpha value is -1.51. The van der Waals surface area contributed by atoms with Crippen molar-refractivity contribution in [2.75, 3.05) is 6.54 Å². The maximum Gasteiger partial charge on any atom is 0.146 e. The van der Waals surface area contributed by atoms with Gasteiger partial charge in [-0.15, -0.1) is 0 Å². The Kier molecular flexibility index (Phi) is 4.24. The van der Waals surface area contributed by atoms with Gasteiger partial charge in [0.15, 0.2) is 0 Å². The standard InChI is InChI=1S/C15H16ClNO/c1-11-5-6-14(16)15(9-11)18-13-4-2-3-12(10-13)7-8-17/h2-6,9-10H,7-8,17H2,1H3. The average molecular weight is 262 g/mol. The first-order chi connectivity index (χ1) is 8.69. The maximum atomic E-state index is 6.10. The van der Waals surface area contributed by atoms with Crippen molar-refractivity contribution >= 4 is 11.6 Å². The monoisotopic (exact) mass is 261 g/mol. The van der Waals surface area contributed by atoms with Gasteiger partial charge in [-0.1, -0.05) is 29.8 Å². The Morgan fingerprint density at radius 3 is 2.78 bits per heavy atom. The van der Waals surface area contributed by atoms with Crippen LogP contribution in [0, 0.1) is 6.92 Å². The molecule has 0 amide bonds. The Morgan fingerprint density at radius 1 is 1.17 bits per heavy atom. The average Bonchev–Trinajstić information content (AvgIpc) is 2.35. The van der Waals surface area contributed by atoms with Crippen LogP contribution in [0.15, 0.2) is 42.5 Å². The summed E-state index contributed by atoms with van der Waals surface area (Å²) in [5.41, 5.74) is 7.83. The fourth-order valence-corrected chi connectivity index (χ4v) is 1.90. The van der Waals surface area contributed by atoms with Crippen molar-refractivity contribution in [2.45, 2.75) is 13.3 Å². The molecule has 0 aliphatic carbocycles. The summed E-state index contributed by atoms with van der Waals surface area (Å²) in [5.74, 6) is 1.47. The van der Waals surface area contributed by atoms with Crippen molar-refractivity contribution in [3.05, 3.63) is 58.6 Å². The predicted molar refractivity (Wildman–Crippen MR) is 75.5 cm³/mol. The number of benzene rings is 2. The molecule has 2 aromatic carbocycles. The molecule has 18 heavy (non-hydrogen) atoms. The molecule has 0 saturated heterocycles. The molecule has 0 aliphatic rings. The lowest BCUT2D eigenvalue weighted by atomic mass is 10.1. The summed E-state index contributed by atoms with van der Waals surface area (Å²) >= 11 is 6.10. The minimum Gasteiger partial charge on any atom is -0.456 e. The highest BCUT2D eigenvalue weighted by molar-refractivity contribution is 6.32. The van der Waals surface area contributed by atoms with Crippen LogP contribution in [0.2, 0.25) is 5.02 Å². The van der Waals surface area contributed by atoms with E-state index in [4.69, 9.17) is 22.1 Å². The summed E-state index contributed by atoms with van der Waals surface area (Å²) in [6.07, 6.45) is 0.846. The summed E-state index contributed by atoms with van der Waals surface area (Å²) in [7, 11) is 0. The molecule has 2 nitrogen and oxygen atoms in total. The fraction of sp³-hybridized carbons (Fsp3) is 0.200. The van der Waals surface area contributed by atoms with Crippen LogP contribution >= 0.6 is 11.6 Å². The summed E-state index contributed by atoms with van der Waals surface area (Å²) < 4.78 is 5.80. The number of ether oxygens (including phenoxy) is 1. The van der Waals surface area contributed by atoms with E-state index in [1.807, 2.05) is 49.4 Å². The Morgan fingerprint density at radius 2 is 2.00 bits per heavy atom. The molecule has 0 radical (unpaired) electrons. The molecule has 2 N–H and O–H groups in total. The smallest absolute Gasteiger partial charge is 0.146 e. The molecule has 0 fully saturated rings. The topological polar surface area (TPSA) is 35.2 Å². The number of hydrogen-bond donors (Lipinski definition) is 1. The fourth-order valence-electron chi connectivity index (χ4n) is 1.75. The second kappa shape index (κ2) is 5.89. The van der Waals surface area contributed by atoms with E-state index in [2.05, 4.69) is 0 Å². The Labute approximate surface area is 112 Å². The number of rotatable bonds is 4. The third kappa shape index (κ3) is 3.25. The van der Waals surface area contributed by atoms with E-state index in [9.17, 15) is 0 Å². The second-order valence-corrected chi connectivity index (χ2v) is 4.63. The van der Waals surface area contributed by atoms with Gasteiger partial charge < -0.3 is 10.5 Å². The zero-order valence-corrected chi connectivity index (χ0v) is 11.1. The number of nitrogens with two attached hydrogens (primary N) is 1. The molecule has 2 rings (SSSR count). The van der Waals surface area contributed by atoms with E-state index in [0.29, 0.717) is 17.3 Å². The predicted octanol–water partition coefficient (Wildman–Crippen LogP) is 3.94. The SMILES string of the molecule is Cc1ccc(Cl)c(Oc2cccc(CCN)c2)c1. The van der Waals surface area contributed by atoms with Crippen LogP contribution in [-0.4, -0.2) is 6.54 Å². The normalized spacial score (nSPS) is 10.4. The zero-order chi connectivity index (χ0) is 13.0. The van der Waals surface area contributed by atoms with E-state index in [1.54, 1.807) is 0 Å². The third-order valence-corrected chi connectivity index (χ3v) is 2.96. The van der Waals surface area contributed by atoms with Gasteiger partial charge in [0, 0.05) is 0 Å². The summed E-state index contributed by atoms with van der Waals surface area (Å²) in [4.78, 5) is 0. The van der Waals surface area contributed by atoms with E-state index in [0.717, 1.165) is 17.7 Å². The van der Waals surface area contributed by atoms with Crippen LogP contribution in [0.4, 0.5) is 0 Å². The van der Waals surface area contributed by atoms with Crippen LogP contribution in [0.25, 0.3) is 0 Å². The zero-order valence-electron chi connectivity index (χ0n) is 10.3. The molecule has 0 unspecified atom stereocenters. The van der Waals surface area contributed by atoms with Crippen molar-refractivity contribution in [2.24, 2.45) is 5.73 Å². The van der Waals surface area contributed by atoms with Crippen LogP contribution in [0.5, 0.6) is 11.5 Å².